The molecule has 2 saturated heterocycles. The third-order valence-corrected chi connectivity index (χ3v) is 8.95. The highest BCUT2D eigenvalue weighted by atomic mass is 32.2. The molecular weight excluding hydrogens is 540 g/mol. The largest absolute Gasteiger partial charge is 0.378 e. The van der Waals surface area contributed by atoms with E-state index < -0.39 is 9.84 Å². The fourth-order valence-corrected chi connectivity index (χ4v) is 6.48. The van der Waals surface area contributed by atoms with Crippen molar-refractivity contribution >= 4 is 32.5 Å². The van der Waals surface area contributed by atoms with Crippen LogP contribution in [0.2, 0.25) is 0 Å². The summed E-state index contributed by atoms with van der Waals surface area (Å²) in [6, 6.07) is 16.4. The Bertz CT molecular complexity index is 1740. The van der Waals surface area contributed by atoms with Gasteiger partial charge in [-0.1, -0.05) is 12.1 Å². The highest BCUT2D eigenvalue weighted by Gasteiger charge is 2.40. The third kappa shape index (κ3) is 5.79. The average molecular weight is 573 g/mol. The first-order valence-corrected chi connectivity index (χ1v) is 15.5. The van der Waals surface area contributed by atoms with E-state index in [-0.39, 0.29) is 28.4 Å². The van der Waals surface area contributed by atoms with Gasteiger partial charge in [-0.2, -0.15) is 0 Å². The Morgan fingerprint density at radius 1 is 1.12 bits per heavy atom. The molecule has 11 heteroatoms. The highest BCUT2D eigenvalue weighted by Crippen LogP contribution is 2.29. The maximum Gasteiger partial charge on any atom is 0.251 e. The zero-order valence-electron chi connectivity index (χ0n) is 23.1. The van der Waals surface area contributed by atoms with Crippen LogP contribution in [-0.4, -0.2) is 73.9 Å². The monoisotopic (exact) mass is 572 g/mol. The topological polar surface area (TPSA) is 126 Å². The first-order chi connectivity index (χ1) is 19.7. The predicted octanol–water partition coefficient (Wildman–Crippen LogP) is 2.90. The lowest BCUT2D eigenvalue weighted by Gasteiger charge is -2.34. The number of nitrogens with one attached hydrogen (secondary N) is 2. The maximum absolute atomic E-state index is 12.8. The number of hydrogen-bond donors (Lipinski definition) is 2. The summed E-state index contributed by atoms with van der Waals surface area (Å²) >= 11 is 0. The number of morpholine rings is 1. The number of aryl methyl sites for hydroxylation is 1. The molecule has 0 radical (unpaired) electrons. The summed E-state index contributed by atoms with van der Waals surface area (Å²) in [6.45, 7) is 5.99. The molecule has 1 amide bonds. The molecule has 10 nitrogen and oxygen atoms in total. The predicted molar refractivity (Wildman–Crippen MR) is 157 cm³/mol. The maximum atomic E-state index is 12.8. The molecule has 1 spiro atoms. The Labute approximate surface area is 239 Å². The van der Waals surface area contributed by atoms with Gasteiger partial charge in [0.15, 0.2) is 9.84 Å². The molecule has 1 atom stereocenters. The first kappa shape index (κ1) is 27.3. The van der Waals surface area contributed by atoms with Crippen molar-refractivity contribution in [2.24, 2.45) is 0 Å². The minimum atomic E-state index is -3.44. The molecule has 1 unspecified atom stereocenters. The average Bonchev–Trinajstić information content (AvgIpc) is 3.38. The van der Waals surface area contributed by atoms with E-state index in [1.54, 1.807) is 25.3 Å². The van der Waals surface area contributed by atoms with Crippen molar-refractivity contribution in [3.05, 3.63) is 77.6 Å². The molecule has 5 heterocycles. The normalized spacial score (nSPS) is 19.1. The van der Waals surface area contributed by atoms with E-state index in [0.717, 1.165) is 73.6 Å². The fraction of sp³-hybridized carbons (Fsp3) is 0.333. The van der Waals surface area contributed by atoms with E-state index in [2.05, 4.69) is 20.5 Å². The summed E-state index contributed by atoms with van der Waals surface area (Å²) in [5.41, 5.74) is 3.78. The van der Waals surface area contributed by atoms with Gasteiger partial charge in [0.1, 0.15) is 5.82 Å². The van der Waals surface area contributed by atoms with Crippen LogP contribution in [-0.2, 0) is 21.1 Å². The Kier molecular flexibility index (Phi) is 7.18. The number of aromatic nitrogens is 3. The quantitative estimate of drug-likeness (QED) is 0.359. The summed E-state index contributed by atoms with van der Waals surface area (Å²) < 4.78 is 29.8. The van der Waals surface area contributed by atoms with E-state index in [0.29, 0.717) is 11.3 Å². The van der Waals surface area contributed by atoms with Crippen LogP contribution in [0.5, 0.6) is 0 Å². The van der Waals surface area contributed by atoms with Crippen molar-refractivity contribution in [2.45, 2.75) is 30.3 Å². The van der Waals surface area contributed by atoms with Crippen LogP contribution in [0, 0.1) is 6.92 Å². The SMILES string of the molecule is Cc1ccc(C(=O)NCc2cc3nc(-c4cccc(N5CCC6(COCCN6)C5)n4)ccc3cn2)cc1S(C)(=O)=O. The van der Waals surface area contributed by atoms with Gasteiger partial charge >= 0.3 is 0 Å². The van der Waals surface area contributed by atoms with E-state index in [1.807, 2.05) is 36.4 Å². The summed E-state index contributed by atoms with van der Waals surface area (Å²) in [5, 5.41) is 7.35. The summed E-state index contributed by atoms with van der Waals surface area (Å²) in [7, 11) is -3.44. The Hall–Kier alpha value is -3.93. The lowest BCUT2D eigenvalue weighted by molar-refractivity contribution is 0.0368. The highest BCUT2D eigenvalue weighted by molar-refractivity contribution is 7.90. The fourth-order valence-electron chi connectivity index (χ4n) is 5.49. The molecule has 2 aliphatic heterocycles. The van der Waals surface area contributed by atoms with E-state index in [1.165, 1.54) is 6.07 Å². The van der Waals surface area contributed by atoms with Gasteiger partial charge < -0.3 is 20.3 Å². The van der Waals surface area contributed by atoms with Crippen molar-refractivity contribution in [2.75, 3.05) is 44.0 Å². The van der Waals surface area contributed by atoms with Crippen LogP contribution in [0.25, 0.3) is 22.3 Å². The number of sulfone groups is 1. The standard InChI is InChI=1S/C30H32N6O4S/c1-20-6-7-21(14-27(20)41(2,38)39)29(37)32-17-23-15-26-22(16-31-23)8-9-25(34-26)24-4-3-5-28(35-24)36-12-10-30(18-36)19-40-13-11-33-30/h3-9,14-16,33H,10-13,17-19H2,1-2H3,(H,32,37). The Morgan fingerprint density at radius 3 is 2.78 bits per heavy atom. The molecule has 2 aliphatic rings. The number of rotatable bonds is 6. The zero-order valence-corrected chi connectivity index (χ0v) is 23.9. The van der Waals surface area contributed by atoms with Gasteiger partial charge in [-0.25, -0.2) is 18.4 Å². The number of anilines is 1. The Morgan fingerprint density at radius 2 is 1.98 bits per heavy atom. The molecule has 3 aromatic heterocycles. The smallest absolute Gasteiger partial charge is 0.251 e. The molecule has 41 heavy (non-hydrogen) atoms. The van der Waals surface area contributed by atoms with Gasteiger partial charge in [0.05, 0.1) is 52.8 Å². The van der Waals surface area contributed by atoms with Crippen molar-refractivity contribution in [3.8, 4) is 11.4 Å². The van der Waals surface area contributed by atoms with Gasteiger partial charge in [-0.3, -0.25) is 9.78 Å². The van der Waals surface area contributed by atoms with Gasteiger partial charge in [0.25, 0.3) is 5.91 Å². The summed E-state index contributed by atoms with van der Waals surface area (Å²) in [5.74, 6) is 0.542. The molecule has 0 saturated carbocycles. The second-order valence-electron chi connectivity index (χ2n) is 10.8. The second-order valence-corrected chi connectivity index (χ2v) is 12.8. The molecule has 212 valence electrons. The number of nitrogens with zero attached hydrogens (tertiary/aromatic N) is 4. The number of ether oxygens (including phenoxy) is 1. The van der Waals surface area contributed by atoms with Crippen LogP contribution in [0.3, 0.4) is 0 Å². The van der Waals surface area contributed by atoms with Crippen LogP contribution in [0.1, 0.15) is 28.0 Å². The molecule has 1 aromatic carbocycles. The second kappa shape index (κ2) is 10.8. The molecule has 0 bridgehead atoms. The third-order valence-electron chi connectivity index (χ3n) is 7.71. The molecule has 6 rings (SSSR count). The molecule has 4 aromatic rings. The number of amides is 1. The van der Waals surface area contributed by atoms with Crippen LogP contribution < -0.4 is 15.5 Å². The van der Waals surface area contributed by atoms with E-state index in [9.17, 15) is 13.2 Å². The number of hydrogen-bond acceptors (Lipinski definition) is 9. The van der Waals surface area contributed by atoms with Gasteiger partial charge in [-0.15, -0.1) is 0 Å². The van der Waals surface area contributed by atoms with Crippen molar-refractivity contribution in [3.63, 3.8) is 0 Å². The molecule has 2 fully saturated rings. The first-order valence-electron chi connectivity index (χ1n) is 13.6. The van der Waals surface area contributed by atoms with Gasteiger partial charge in [0, 0.05) is 43.0 Å². The summed E-state index contributed by atoms with van der Waals surface area (Å²) in [6.07, 6.45) is 3.88. The lowest BCUT2D eigenvalue weighted by Crippen LogP contribution is -2.55. The molecule has 2 N–H and O–H groups in total. The Balaban J connectivity index is 1.18. The van der Waals surface area contributed by atoms with Crippen molar-refractivity contribution in [1.29, 1.82) is 0 Å². The molecule has 0 aliphatic carbocycles. The van der Waals surface area contributed by atoms with Gasteiger partial charge in [-0.05, 0) is 61.4 Å². The van der Waals surface area contributed by atoms with Crippen molar-refractivity contribution in [1.82, 2.24) is 25.6 Å². The number of carbonyl (C=O) groups excluding carboxylic acids is 1. The minimum Gasteiger partial charge on any atom is -0.378 e. The number of benzene rings is 1. The number of carbonyl (C=O) groups is 1. The van der Waals surface area contributed by atoms with Gasteiger partial charge in [0.2, 0.25) is 0 Å². The van der Waals surface area contributed by atoms with Crippen LogP contribution >= 0.6 is 0 Å². The van der Waals surface area contributed by atoms with Crippen LogP contribution in [0.15, 0.2) is 65.7 Å². The minimum absolute atomic E-state index is 0.00853. The van der Waals surface area contributed by atoms with E-state index in [4.69, 9.17) is 14.7 Å². The zero-order chi connectivity index (χ0) is 28.6. The number of fused-ring (bicyclic) bond motifs is 1. The van der Waals surface area contributed by atoms with Crippen molar-refractivity contribution < 1.29 is 17.9 Å². The lowest BCUT2D eigenvalue weighted by atomic mass is 9.99. The molecular formula is C30H32N6O4S. The van der Waals surface area contributed by atoms with Crippen LogP contribution in [0.4, 0.5) is 5.82 Å². The summed E-state index contributed by atoms with van der Waals surface area (Å²) in [4.78, 5) is 29.5. The van der Waals surface area contributed by atoms with E-state index >= 15 is 0 Å². The number of pyridine rings is 3.